The predicted octanol–water partition coefficient (Wildman–Crippen LogP) is 1.45. The molecule has 1 aliphatic heterocycles. The number of fused-ring (bicyclic) bond motifs is 1. The lowest BCUT2D eigenvalue weighted by Crippen LogP contribution is -2.31. The summed E-state index contributed by atoms with van der Waals surface area (Å²) in [6, 6.07) is 5.52. The molecule has 1 amide bonds. The smallest absolute Gasteiger partial charge is 0.306 e. The minimum atomic E-state index is -0.889. The van der Waals surface area contributed by atoms with E-state index in [1.54, 1.807) is 18.0 Å². The Labute approximate surface area is 105 Å². The van der Waals surface area contributed by atoms with E-state index in [4.69, 9.17) is 9.84 Å². The molecule has 2 rings (SSSR count). The van der Waals surface area contributed by atoms with Gasteiger partial charge in [0.1, 0.15) is 5.75 Å². The number of rotatable bonds is 4. The van der Waals surface area contributed by atoms with E-state index in [0.717, 1.165) is 17.7 Å². The molecule has 5 heteroatoms. The van der Waals surface area contributed by atoms with Gasteiger partial charge in [0, 0.05) is 19.5 Å². The summed E-state index contributed by atoms with van der Waals surface area (Å²) in [6.07, 6.45) is 1.24. The maximum Gasteiger partial charge on any atom is 0.306 e. The summed E-state index contributed by atoms with van der Waals surface area (Å²) in [5, 5.41) is 8.53. The van der Waals surface area contributed by atoms with Gasteiger partial charge in [0.05, 0.1) is 18.7 Å². The first-order valence-electron chi connectivity index (χ1n) is 5.82. The molecular formula is C13H15NO4. The highest BCUT2D eigenvalue weighted by atomic mass is 16.5. The molecule has 0 radical (unpaired) electrons. The van der Waals surface area contributed by atoms with Crippen molar-refractivity contribution in [2.24, 2.45) is 0 Å². The van der Waals surface area contributed by atoms with Crippen LogP contribution >= 0.6 is 0 Å². The number of aliphatic carboxylic acids is 1. The van der Waals surface area contributed by atoms with Crippen molar-refractivity contribution in [3.8, 4) is 5.75 Å². The zero-order valence-electron chi connectivity index (χ0n) is 10.2. The standard InChI is InChI=1S/C13H15NO4/c1-14-11-8-10(18-7-6-13(16)17)4-2-9(11)3-5-12(14)15/h2,4,8H,3,5-7H2,1H3,(H,16,17). The lowest BCUT2D eigenvalue weighted by Gasteiger charge is -2.26. The Kier molecular flexibility index (Phi) is 3.50. The highest BCUT2D eigenvalue weighted by Crippen LogP contribution is 2.30. The molecule has 1 aliphatic rings. The van der Waals surface area contributed by atoms with Crippen molar-refractivity contribution in [3.63, 3.8) is 0 Å². The highest BCUT2D eigenvalue weighted by Gasteiger charge is 2.21. The molecule has 0 saturated heterocycles. The third-order valence-electron chi connectivity index (χ3n) is 2.99. The number of aryl methyl sites for hydroxylation is 1. The molecule has 1 heterocycles. The molecule has 1 aromatic rings. The van der Waals surface area contributed by atoms with E-state index in [2.05, 4.69) is 0 Å². The summed E-state index contributed by atoms with van der Waals surface area (Å²) in [6.45, 7) is 0.131. The summed E-state index contributed by atoms with van der Waals surface area (Å²) in [7, 11) is 1.74. The van der Waals surface area contributed by atoms with Crippen LogP contribution in [-0.2, 0) is 16.0 Å². The highest BCUT2D eigenvalue weighted by molar-refractivity contribution is 5.96. The SMILES string of the molecule is CN1C(=O)CCc2ccc(OCCC(=O)O)cc21. The molecule has 0 fully saturated rings. The minimum Gasteiger partial charge on any atom is -0.493 e. The zero-order valence-corrected chi connectivity index (χ0v) is 10.2. The van der Waals surface area contributed by atoms with Crippen molar-refractivity contribution in [2.75, 3.05) is 18.6 Å². The van der Waals surface area contributed by atoms with E-state index in [-0.39, 0.29) is 18.9 Å². The molecule has 0 bridgehead atoms. The molecule has 1 aromatic carbocycles. The summed E-state index contributed by atoms with van der Waals surface area (Å²) < 4.78 is 5.35. The first-order valence-corrected chi connectivity index (χ1v) is 5.82. The Hall–Kier alpha value is -2.04. The topological polar surface area (TPSA) is 66.8 Å². The normalized spacial score (nSPS) is 14.3. The number of ether oxygens (including phenoxy) is 1. The van der Waals surface area contributed by atoms with Crippen LogP contribution in [0.3, 0.4) is 0 Å². The van der Waals surface area contributed by atoms with Crippen LogP contribution < -0.4 is 9.64 Å². The number of carboxylic acids is 1. The van der Waals surface area contributed by atoms with Gasteiger partial charge in [0.25, 0.3) is 0 Å². The monoisotopic (exact) mass is 249 g/mol. The molecule has 0 unspecified atom stereocenters. The van der Waals surface area contributed by atoms with E-state index < -0.39 is 5.97 Å². The molecule has 1 N–H and O–H groups in total. The number of anilines is 1. The van der Waals surface area contributed by atoms with Crippen LogP contribution in [0.15, 0.2) is 18.2 Å². The second-order valence-corrected chi connectivity index (χ2v) is 4.24. The number of benzene rings is 1. The minimum absolute atomic E-state index is 0.0359. The van der Waals surface area contributed by atoms with Gasteiger partial charge in [-0.3, -0.25) is 9.59 Å². The molecule has 0 aromatic heterocycles. The van der Waals surface area contributed by atoms with Crippen molar-refractivity contribution < 1.29 is 19.4 Å². The van der Waals surface area contributed by atoms with Crippen LogP contribution in [0.5, 0.6) is 5.75 Å². The van der Waals surface area contributed by atoms with Crippen molar-refractivity contribution in [1.82, 2.24) is 0 Å². The van der Waals surface area contributed by atoms with Crippen molar-refractivity contribution in [1.29, 1.82) is 0 Å². The molecule has 96 valence electrons. The third kappa shape index (κ3) is 2.61. The number of carbonyl (C=O) groups excluding carboxylic acids is 1. The molecule has 0 saturated carbocycles. The maximum absolute atomic E-state index is 11.6. The van der Waals surface area contributed by atoms with Crippen molar-refractivity contribution in [2.45, 2.75) is 19.3 Å². The zero-order chi connectivity index (χ0) is 13.1. The Balaban J connectivity index is 2.11. The van der Waals surface area contributed by atoms with Crippen molar-refractivity contribution >= 4 is 17.6 Å². The lowest BCUT2D eigenvalue weighted by atomic mass is 10.0. The van der Waals surface area contributed by atoms with Gasteiger partial charge in [-0.1, -0.05) is 6.07 Å². The summed E-state index contributed by atoms with van der Waals surface area (Å²) in [5.41, 5.74) is 1.96. The third-order valence-corrected chi connectivity index (χ3v) is 2.99. The van der Waals surface area contributed by atoms with E-state index in [1.807, 2.05) is 12.1 Å². The van der Waals surface area contributed by atoms with Gasteiger partial charge in [-0.2, -0.15) is 0 Å². The van der Waals surface area contributed by atoms with Gasteiger partial charge in [-0.25, -0.2) is 0 Å². The lowest BCUT2D eigenvalue weighted by molar-refractivity contribution is -0.137. The molecule has 0 spiro atoms. The Morgan fingerprint density at radius 3 is 2.94 bits per heavy atom. The van der Waals surface area contributed by atoms with Crippen molar-refractivity contribution in [3.05, 3.63) is 23.8 Å². The number of hydrogen-bond donors (Lipinski definition) is 1. The predicted molar refractivity (Wildman–Crippen MR) is 65.9 cm³/mol. The first kappa shape index (κ1) is 12.4. The van der Waals surface area contributed by atoms with Gasteiger partial charge < -0.3 is 14.7 Å². The van der Waals surface area contributed by atoms with E-state index in [9.17, 15) is 9.59 Å². The molecule has 0 atom stereocenters. The first-order chi connectivity index (χ1) is 8.58. The Bertz CT molecular complexity index is 484. The fraction of sp³-hybridized carbons (Fsp3) is 0.385. The van der Waals surface area contributed by atoms with E-state index in [0.29, 0.717) is 12.2 Å². The van der Waals surface area contributed by atoms with E-state index >= 15 is 0 Å². The van der Waals surface area contributed by atoms with Crippen LogP contribution in [0.4, 0.5) is 5.69 Å². The van der Waals surface area contributed by atoms with Crippen LogP contribution in [0.2, 0.25) is 0 Å². The van der Waals surface area contributed by atoms with Crippen LogP contribution in [0, 0.1) is 0 Å². The number of hydrogen-bond acceptors (Lipinski definition) is 3. The number of nitrogens with zero attached hydrogens (tertiary/aromatic N) is 1. The van der Waals surface area contributed by atoms with Gasteiger partial charge in [-0.15, -0.1) is 0 Å². The summed E-state index contributed by atoms with van der Waals surface area (Å²) in [5.74, 6) is -0.206. The van der Waals surface area contributed by atoms with E-state index in [1.165, 1.54) is 0 Å². The fourth-order valence-corrected chi connectivity index (χ4v) is 1.96. The largest absolute Gasteiger partial charge is 0.493 e. The van der Waals surface area contributed by atoms with Gasteiger partial charge in [0.2, 0.25) is 5.91 Å². The van der Waals surface area contributed by atoms with Crippen LogP contribution in [0.25, 0.3) is 0 Å². The second-order valence-electron chi connectivity index (χ2n) is 4.24. The number of carbonyl (C=O) groups is 2. The van der Waals surface area contributed by atoms with Crippen LogP contribution in [0.1, 0.15) is 18.4 Å². The second kappa shape index (κ2) is 5.08. The molecule has 18 heavy (non-hydrogen) atoms. The fourth-order valence-electron chi connectivity index (χ4n) is 1.96. The summed E-state index contributed by atoms with van der Waals surface area (Å²) in [4.78, 5) is 23.6. The van der Waals surface area contributed by atoms with Gasteiger partial charge in [-0.05, 0) is 18.1 Å². The molecular weight excluding hydrogens is 234 g/mol. The Morgan fingerprint density at radius 2 is 2.22 bits per heavy atom. The maximum atomic E-state index is 11.6. The quantitative estimate of drug-likeness (QED) is 0.877. The average Bonchev–Trinajstić information content (AvgIpc) is 2.34. The summed E-state index contributed by atoms with van der Waals surface area (Å²) >= 11 is 0. The van der Waals surface area contributed by atoms with Crippen LogP contribution in [-0.4, -0.2) is 30.6 Å². The number of amides is 1. The Morgan fingerprint density at radius 1 is 1.44 bits per heavy atom. The molecule has 0 aliphatic carbocycles. The molecule has 5 nitrogen and oxygen atoms in total. The van der Waals surface area contributed by atoms with Gasteiger partial charge in [0.15, 0.2) is 0 Å². The average molecular weight is 249 g/mol. The van der Waals surface area contributed by atoms with Gasteiger partial charge >= 0.3 is 5.97 Å². The number of carboxylic acid groups (broad SMARTS) is 1.